The SMILES string of the molecule is C1=CC2=CC=C(CC2)N1.Cc1ccc2c(c1)-c1ccc3c(c1CC2)CCC=C3. The number of hydrogen-bond donors (Lipinski definition) is 1. The molecule has 3 aliphatic carbocycles. The smallest absolute Gasteiger partial charge is 0.0150 e. The van der Waals surface area contributed by atoms with Crippen LogP contribution in [0.25, 0.3) is 17.2 Å². The van der Waals surface area contributed by atoms with Gasteiger partial charge >= 0.3 is 0 Å². The first kappa shape index (κ1) is 17.3. The molecule has 1 N–H and O–H groups in total. The molecular weight excluding hydrogens is 338 g/mol. The normalized spacial score (nSPS) is 17.8. The van der Waals surface area contributed by atoms with E-state index in [0.29, 0.717) is 0 Å². The van der Waals surface area contributed by atoms with Gasteiger partial charge in [-0.25, -0.2) is 0 Å². The molecule has 0 saturated heterocycles. The number of allylic oxidation sites excluding steroid dienone is 6. The quantitative estimate of drug-likeness (QED) is 0.567. The fourth-order valence-electron chi connectivity index (χ4n) is 4.73. The summed E-state index contributed by atoms with van der Waals surface area (Å²) in [5.41, 5.74) is 13.3. The number of hydrogen-bond acceptors (Lipinski definition) is 1. The van der Waals surface area contributed by atoms with Crippen LogP contribution in [0.2, 0.25) is 0 Å². The third-order valence-corrected chi connectivity index (χ3v) is 6.27. The summed E-state index contributed by atoms with van der Waals surface area (Å²) in [4.78, 5) is 0. The lowest BCUT2D eigenvalue weighted by Gasteiger charge is -2.25. The second-order valence-electron chi connectivity index (χ2n) is 8.17. The van der Waals surface area contributed by atoms with Gasteiger partial charge in [-0.3, -0.25) is 0 Å². The maximum atomic E-state index is 3.20. The van der Waals surface area contributed by atoms with E-state index in [2.05, 4.69) is 73.0 Å². The van der Waals surface area contributed by atoms with Crippen molar-refractivity contribution in [3.8, 4) is 11.1 Å². The molecule has 2 heterocycles. The number of rotatable bonds is 0. The minimum atomic E-state index is 1.18. The molecule has 140 valence electrons. The van der Waals surface area contributed by atoms with Gasteiger partial charge in [0.2, 0.25) is 0 Å². The zero-order valence-corrected chi connectivity index (χ0v) is 16.6. The summed E-state index contributed by atoms with van der Waals surface area (Å²) in [6.45, 7) is 2.19. The lowest BCUT2D eigenvalue weighted by Crippen LogP contribution is -2.09. The van der Waals surface area contributed by atoms with E-state index in [9.17, 15) is 0 Å². The molecule has 1 heteroatoms. The van der Waals surface area contributed by atoms with Crippen LogP contribution in [0.5, 0.6) is 0 Å². The molecule has 2 bridgehead atoms. The van der Waals surface area contributed by atoms with E-state index in [1.807, 2.05) is 6.20 Å². The lowest BCUT2D eigenvalue weighted by atomic mass is 9.79. The summed E-state index contributed by atoms with van der Waals surface area (Å²) in [7, 11) is 0. The van der Waals surface area contributed by atoms with Crippen LogP contribution in [0.15, 0.2) is 72.1 Å². The van der Waals surface area contributed by atoms with Gasteiger partial charge in [0.1, 0.15) is 0 Å². The van der Waals surface area contributed by atoms with Crippen LogP contribution in [0, 0.1) is 6.92 Å². The topological polar surface area (TPSA) is 12.0 Å². The molecule has 0 unspecified atom stereocenters. The van der Waals surface area contributed by atoms with Gasteiger partial charge in [-0.15, -0.1) is 0 Å². The van der Waals surface area contributed by atoms with Crippen LogP contribution < -0.4 is 5.32 Å². The molecule has 0 aromatic heterocycles. The van der Waals surface area contributed by atoms with E-state index in [1.165, 1.54) is 77.6 Å². The van der Waals surface area contributed by atoms with E-state index in [4.69, 9.17) is 0 Å². The first-order valence-corrected chi connectivity index (χ1v) is 10.5. The Labute approximate surface area is 168 Å². The van der Waals surface area contributed by atoms with Crippen molar-refractivity contribution in [1.82, 2.24) is 5.32 Å². The highest BCUT2D eigenvalue weighted by molar-refractivity contribution is 5.77. The van der Waals surface area contributed by atoms with Crippen LogP contribution >= 0.6 is 0 Å². The average molecular weight is 366 g/mol. The standard InChI is InChI=1S/C19H18.C8H9N/c1-13-6-7-15-9-10-17-16-5-3-2-4-14(16)8-11-18(17)19(15)12-13;1-3-8-4-2-7(1)5-6-9-8/h2,4,6-8,11-12H,3,5,9-10H2,1H3;1,3,5-6,9H,2,4H2. The van der Waals surface area contributed by atoms with Crippen LogP contribution in [-0.2, 0) is 19.3 Å². The van der Waals surface area contributed by atoms with Gasteiger partial charge in [0, 0.05) is 11.9 Å². The monoisotopic (exact) mass is 365 g/mol. The largest absolute Gasteiger partial charge is 0.365 e. The van der Waals surface area contributed by atoms with Crippen LogP contribution in [0.3, 0.4) is 0 Å². The maximum absolute atomic E-state index is 3.20. The first-order chi connectivity index (χ1) is 13.8. The van der Waals surface area contributed by atoms with E-state index >= 15 is 0 Å². The van der Waals surface area contributed by atoms with Gasteiger partial charge in [-0.1, -0.05) is 54.1 Å². The van der Waals surface area contributed by atoms with Gasteiger partial charge in [-0.2, -0.15) is 0 Å². The van der Waals surface area contributed by atoms with Crippen molar-refractivity contribution in [3.05, 3.63) is 99.9 Å². The first-order valence-electron chi connectivity index (χ1n) is 10.5. The minimum Gasteiger partial charge on any atom is -0.365 e. The molecule has 0 spiro atoms. The summed E-state index contributed by atoms with van der Waals surface area (Å²) < 4.78 is 0. The minimum absolute atomic E-state index is 1.18. The highest BCUT2D eigenvalue weighted by Crippen LogP contribution is 2.38. The number of nitrogens with one attached hydrogen (secondary N) is 1. The zero-order chi connectivity index (χ0) is 18.9. The molecular formula is C27H27N. The number of fused-ring (bicyclic) bond motifs is 8. The average Bonchev–Trinajstić information content (AvgIpc) is 3.12. The Kier molecular flexibility index (Phi) is 4.52. The van der Waals surface area contributed by atoms with Gasteiger partial charge in [0.05, 0.1) is 0 Å². The highest BCUT2D eigenvalue weighted by atomic mass is 14.9. The molecule has 2 aliphatic heterocycles. The molecule has 28 heavy (non-hydrogen) atoms. The van der Waals surface area contributed by atoms with Gasteiger partial charge in [0.25, 0.3) is 0 Å². The van der Waals surface area contributed by atoms with Crippen LogP contribution in [0.4, 0.5) is 0 Å². The van der Waals surface area contributed by atoms with Crippen molar-refractivity contribution in [2.75, 3.05) is 0 Å². The van der Waals surface area contributed by atoms with Crippen molar-refractivity contribution >= 4 is 6.08 Å². The molecule has 0 fully saturated rings. The Morgan fingerprint density at radius 1 is 0.786 bits per heavy atom. The second-order valence-corrected chi connectivity index (χ2v) is 8.17. The van der Waals surface area contributed by atoms with E-state index in [-0.39, 0.29) is 0 Å². The Morgan fingerprint density at radius 3 is 2.64 bits per heavy atom. The Balaban J connectivity index is 0.000000158. The molecule has 2 aromatic carbocycles. The van der Waals surface area contributed by atoms with E-state index < -0.39 is 0 Å². The third-order valence-electron chi connectivity index (χ3n) is 6.27. The number of aryl methyl sites for hydroxylation is 2. The molecule has 5 aliphatic rings. The van der Waals surface area contributed by atoms with Crippen molar-refractivity contribution in [1.29, 1.82) is 0 Å². The predicted octanol–water partition coefficient (Wildman–Crippen LogP) is 6.43. The summed E-state index contributed by atoms with van der Waals surface area (Å²) in [6.07, 6.45) is 20.3. The highest BCUT2D eigenvalue weighted by Gasteiger charge is 2.20. The van der Waals surface area contributed by atoms with Gasteiger partial charge in [-0.05, 0) is 96.6 Å². The Bertz CT molecular complexity index is 1050. The van der Waals surface area contributed by atoms with Crippen LogP contribution in [-0.4, -0.2) is 0 Å². The second kappa shape index (κ2) is 7.31. The summed E-state index contributed by atoms with van der Waals surface area (Å²) in [5.74, 6) is 0. The summed E-state index contributed by atoms with van der Waals surface area (Å²) >= 11 is 0. The molecule has 2 aromatic rings. The predicted molar refractivity (Wildman–Crippen MR) is 119 cm³/mol. The van der Waals surface area contributed by atoms with Crippen molar-refractivity contribution in [2.45, 2.75) is 45.4 Å². The summed E-state index contributed by atoms with van der Waals surface area (Å²) in [5, 5.41) is 3.20. The van der Waals surface area contributed by atoms with E-state index in [0.717, 1.165) is 0 Å². The molecule has 0 saturated carbocycles. The lowest BCUT2D eigenvalue weighted by molar-refractivity contribution is 0.874. The Morgan fingerprint density at radius 2 is 1.75 bits per heavy atom. The fourth-order valence-corrected chi connectivity index (χ4v) is 4.73. The molecule has 0 atom stereocenters. The van der Waals surface area contributed by atoms with Crippen molar-refractivity contribution in [2.24, 2.45) is 0 Å². The van der Waals surface area contributed by atoms with Gasteiger partial charge in [0.15, 0.2) is 0 Å². The molecule has 7 rings (SSSR count). The molecule has 0 radical (unpaired) electrons. The Hall–Kier alpha value is -2.80. The fraction of sp³-hybridized carbons (Fsp3) is 0.259. The van der Waals surface area contributed by atoms with Crippen molar-refractivity contribution in [3.63, 3.8) is 0 Å². The number of benzene rings is 2. The van der Waals surface area contributed by atoms with Crippen molar-refractivity contribution < 1.29 is 0 Å². The zero-order valence-electron chi connectivity index (χ0n) is 16.6. The van der Waals surface area contributed by atoms with Crippen LogP contribution in [0.1, 0.15) is 47.1 Å². The molecule has 1 nitrogen and oxygen atoms in total. The third kappa shape index (κ3) is 3.26. The van der Waals surface area contributed by atoms with E-state index in [1.54, 1.807) is 11.1 Å². The van der Waals surface area contributed by atoms with Gasteiger partial charge < -0.3 is 5.32 Å². The molecule has 0 amide bonds. The maximum Gasteiger partial charge on any atom is 0.0150 e. The summed E-state index contributed by atoms with van der Waals surface area (Å²) in [6, 6.07) is 11.6.